The molecule has 1 aromatic rings. The molecule has 1 rings (SSSR count). The average molecular weight is 328 g/mol. The number of benzene rings is 1. The maximum atomic E-state index is 12.3. The van der Waals surface area contributed by atoms with Crippen LogP contribution in [0.2, 0.25) is 0 Å². The van der Waals surface area contributed by atoms with Gasteiger partial charge in [0.2, 0.25) is 10.0 Å². The Kier molecular flexibility index (Phi) is 5.59. The monoisotopic (exact) mass is 328 g/mol. The molecule has 0 bridgehead atoms. The zero-order valence-electron chi connectivity index (χ0n) is 13.6. The lowest BCUT2D eigenvalue weighted by atomic mass is 10.1. The molecule has 7 heteroatoms. The summed E-state index contributed by atoms with van der Waals surface area (Å²) < 4.78 is 32.2. The molecule has 0 aliphatic carbocycles. The van der Waals surface area contributed by atoms with Crippen molar-refractivity contribution < 1.29 is 17.9 Å². The van der Waals surface area contributed by atoms with Gasteiger partial charge in [0.25, 0.3) is 0 Å². The van der Waals surface area contributed by atoms with Crippen LogP contribution >= 0.6 is 0 Å². The number of carbonyl (C=O) groups excluding carboxylic acids is 1. The number of nitrogens with one attached hydrogen (secondary N) is 2. The minimum absolute atomic E-state index is 0.105. The predicted molar refractivity (Wildman–Crippen MR) is 85.1 cm³/mol. The predicted octanol–water partition coefficient (Wildman–Crippen LogP) is 2.27. The summed E-state index contributed by atoms with van der Waals surface area (Å²) >= 11 is 0. The standard InChI is InChI=1S/C15H24N2O4S/c1-14(2,3)21-13(18)16-11-15(4,5)17-22(19,20)12-9-7-6-8-10-12/h6-10,17H,11H2,1-5H3,(H,16,18). The zero-order chi connectivity index (χ0) is 17.0. The van der Waals surface area contributed by atoms with E-state index in [2.05, 4.69) is 10.0 Å². The smallest absolute Gasteiger partial charge is 0.407 e. The van der Waals surface area contributed by atoms with Crippen molar-refractivity contribution in [1.82, 2.24) is 10.0 Å². The fourth-order valence-corrected chi connectivity index (χ4v) is 3.10. The SMILES string of the molecule is CC(C)(CNC(=O)OC(C)(C)C)NS(=O)(=O)c1ccccc1. The molecule has 0 unspecified atom stereocenters. The summed E-state index contributed by atoms with van der Waals surface area (Å²) in [5.41, 5.74) is -1.46. The molecule has 0 aromatic heterocycles. The molecule has 1 amide bonds. The first-order chi connectivity index (χ1) is 9.91. The van der Waals surface area contributed by atoms with Gasteiger partial charge in [-0.25, -0.2) is 17.9 Å². The van der Waals surface area contributed by atoms with Gasteiger partial charge in [0.15, 0.2) is 0 Å². The normalized spacial score (nSPS) is 12.8. The van der Waals surface area contributed by atoms with E-state index < -0.39 is 27.3 Å². The number of rotatable bonds is 5. The highest BCUT2D eigenvalue weighted by molar-refractivity contribution is 7.89. The molecule has 22 heavy (non-hydrogen) atoms. The largest absolute Gasteiger partial charge is 0.444 e. The fourth-order valence-electron chi connectivity index (χ4n) is 1.67. The minimum atomic E-state index is -3.64. The Balaban J connectivity index is 2.66. The first kappa shape index (κ1) is 18.4. The van der Waals surface area contributed by atoms with Crippen molar-refractivity contribution >= 4 is 16.1 Å². The molecule has 2 N–H and O–H groups in total. The number of sulfonamides is 1. The summed E-state index contributed by atoms with van der Waals surface area (Å²) in [6, 6.07) is 8.08. The Morgan fingerprint density at radius 3 is 2.14 bits per heavy atom. The van der Waals surface area contributed by atoms with Gasteiger partial charge in [-0.3, -0.25) is 0 Å². The Bertz CT molecular complexity index is 604. The number of hydrogen-bond acceptors (Lipinski definition) is 4. The van der Waals surface area contributed by atoms with Crippen LogP contribution in [0.25, 0.3) is 0 Å². The second-order valence-electron chi connectivity index (χ2n) is 6.66. The van der Waals surface area contributed by atoms with Crippen molar-refractivity contribution in [2.24, 2.45) is 0 Å². The number of ether oxygens (including phenoxy) is 1. The van der Waals surface area contributed by atoms with Crippen LogP contribution in [0.15, 0.2) is 35.2 Å². The van der Waals surface area contributed by atoms with E-state index in [1.807, 2.05) is 0 Å². The van der Waals surface area contributed by atoms with Crippen LogP contribution in [0, 0.1) is 0 Å². The van der Waals surface area contributed by atoms with Gasteiger partial charge < -0.3 is 10.1 Å². The highest BCUT2D eigenvalue weighted by atomic mass is 32.2. The van der Waals surface area contributed by atoms with Gasteiger partial charge in [-0.2, -0.15) is 0 Å². The Labute approximate surface area is 132 Å². The van der Waals surface area contributed by atoms with E-state index in [4.69, 9.17) is 4.74 Å². The van der Waals surface area contributed by atoms with Crippen molar-refractivity contribution in [3.63, 3.8) is 0 Å². The fraction of sp³-hybridized carbons (Fsp3) is 0.533. The third-order valence-electron chi connectivity index (χ3n) is 2.54. The molecule has 0 spiro atoms. The molecule has 0 aliphatic heterocycles. The van der Waals surface area contributed by atoms with E-state index in [-0.39, 0.29) is 11.4 Å². The lowest BCUT2D eigenvalue weighted by molar-refractivity contribution is 0.0516. The van der Waals surface area contributed by atoms with Gasteiger partial charge in [-0.05, 0) is 46.8 Å². The number of amides is 1. The van der Waals surface area contributed by atoms with Gasteiger partial charge in [-0.1, -0.05) is 18.2 Å². The summed E-state index contributed by atoms with van der Waals surface area (Å²) in [5, 5.41) is 2.57. The molecule has 124 valence electrons. The van der Waals surface area contributed by atoms with Crippen LogP contribution in [0.1, 0.15) is 34.6 Å². The molecule has 0 aliphatic rings. The van der Waals surface area contributed by atoms with Crippen LogP contribution in [0.3, 0.4) is 0 Å². The Morgan fingerprint density at radius 1 is 1.09 bits per heavy atom. The molecule has 0 saturated carbocycles. The first-order valence-electron chi connectivity index (χ1n) is 6.97. The van der Waals surface area contributed by atoms with Crippen LogP contribution in [0.4, 0.5) is 4.79 Å². The second-order valence-corrected chi connectivity index (χ2v) is 8.34. The first-order valence-corrected chi connectivity index (χ1v) is 8.45. The summed E-state index contributed by atoms with van der Waals surface area (Å²) in [6.45, 7) is 8.76. The number of hydrogen-bond donors (Lipinski definition) is 2. The molecular weight excluding hydrogens is 304 g/mol. The van der Waals surface area contributed by atoms with Gasteiger partial charge in [-0.15, -0.1) is 0 Å². The van der Waals surface area contributed by atoms with Crippen LogP contribution in [0.5, 0.6) is 0 Å². The van der Waals surface area contributed by atoms with Crippen LogP contribution < -0.4 is 10.0 Å². The van der Waals surface area contributed by atoms with E-state index >= 15 is 0 Å². The van der Waals surface area contributed by atoms with Crippen molar-refractivity contribution in [2.45, 2.75) is 50.7 Å². The molecule has 0 heterocycles. The van der Waals surface area contributed by atoms with Crippen LogP contribution in [-0.4, -0.2) is 32.2 Å². The van der Waals surface area contributed by atoms with Gasteiger partial charge in [0.1, 0.15) is 5.60 Å². The van der Waals surface area contributed by atoms with E-state index in [0.717, 1.165) is 0 Å². The van der Waals surface area contributed by atoms with Crippen molar-refractivity contribution in [2.75, 3.05) is 6.54 Å². The van der Waals surface area contributed by atoms with E-state index in [9.17, 15) is 13.2 Å². The Hall–Kier alpha value is -1.60. The van der Waals surface area contributed by atoms with Crippen molar-refractivity contribution in [3.8, 4) is 0 Å². The molecule has 1 aromatic carbocycles. The highest BCUT2D eigenvalue weighted by Gasteiger charge is 2.27. The van der Waals surface area contributed by atoms with E-state index in [1.165, 1.54) is 12.1 Å². The maximum absolute atomic E-state index is 12.3. The lowest BCUT2D eigenvalue weighted by Crippen LogP contribution is -2.51. The van der Waals surface area contributed by atoms with E-state index in [1.54, 1.807) is 52.8 Å². The summed E-state index contributed by atoms with van der Waals surface area (Å²) in [7, 11) is -3.64. The number of alkyl carbamates (subject to hydrolysis) is 1. The quantitative estimate of drug-likeness (QED) is 0.868. The molecule has 6 nitrogen and oxygen atoms in total. The van der Waals surface area contributed by atoms with Crippen LogP contribution in [-0.2, 0) is 14.8 Å². The summed E-state index contributed by atoms with van der Waals surface area (Å²) in [5.74, 6) is 0. The zero-order valence-corrected chi connectivity index (χ0v) is 14.5. The van der Waals surface area contributed by atoms with Crippen molar-refractivity contribution in [3.05, 3.63) is 30.3 Å². The van der Waals surface area contributed by atoms with E-state index in [0.29, 0.717) is 0 Å². The third-order valence-corrected chi connectivity index (χ3v) is 4.25. The molecular formula is C15H24N2O4S. The average Bonchev–Trinajstić information content (AvgIpc) is 2.34. The maximum Gasteiger partial charge on any atom is 0.407 e. The molecule has 0 radical (unpaired) electrons. The summed E-state index contributed by atoms with van der Waals surface area (Å²) in [6.07, 6.45) is -0.584. The second kappa shape index (κ2) is 6.66. The third kappa shape index (κ3) is 6.44. The number of carbonyl (C=O) groups is 1. The molecule has 0 saturated heterocycles. The highest BCUT2D eigenvalue weighted by Crippen LogP contribution is 2.12. The van der Waals surface area contributed by atoms with Crippen molar-refractivity contribution in [1.29, 1.82) is 0 Å². The van der Waals surface area contributed by atoms with Gasteiger partial charge in [0.05, 0.1) is 4.90 Å². The Morgan fingerprint density at radius 2 is 1.64 bits per heavy atom. The molecule has 0 fully saturated rings. The minimum Gasteiger partial charge on any atom is -0.444 e. The summed E-state index contributed by atoms with van der Waals surface area (Å²) in [4.78, 5) is 11.8. The lowest BCUT2D eigenvalue weighted by Gasteiger charge is -2.27. The van der Waals surface area contributed by atoms with Gasteiger partial charge >= 0.3 is 6.09 Å². The molecule has 0 atom stereocenters. The van der Waals surface area contributed by atoms with Gasteiger partial charge in [0, 0.05) is 12.1 Å². The topological polar surface area (TPSA) is 84.5 Å².